The van der Waals surface area contributed by atoms with Crippen molar-refractivity contribution in [1.29, 1.82) is 0 Å². The minimum Gasteiger partial charge on any atom is -0.314 e. The fraction of sp³-hybridized carbons (Fsp3) is 0.545. The molecule has 1 saturated heterocycles. The second-order valence-electron chi connectivity index (χ2n) is 4.08. The lowest BCUT2D eigenvalue weighted by Gasteiger charge is -2.33. The molecule has 0 saturated carbocycles. The quantitative estimate of drug-likeness (QED) is 0.737. The fourth-order valence-electron chi connectivity index (χ4n) is 1.94. The van der Waals surface area contributed by atoms with E-state index in [4.69, 9.17) is 11.6 Å². The van der Waals surface area contributed by atoms with Crippen LogP contribution in [0.2, 0.25) is 5.15 Å². The molecule has 2 heterocycles. The second-order valence-corrected chi connectivity index (χ2v) is 4.43. The maximum absolute atomic E-state index is 5.92. The normalized spacial score (nSPS) is 23.0. The molecule has 0 aliphatic carbocycles. The highest BCUT2D eigenvalue weighted by atomic mass is 35.5. The second kappa shape index (κ2) is 4.47. The van der Waals surface area contributed by atoms with Crippen LogP contribution in [0.4, 0.5) is 0 Å². The molecule has 1 atom stereocenters. The average Bonchev–Trinajstić information content (AvgIpc) is 2.23. The van der Waals surface area contributed by atoms with Crippen molar-refractivity contribution in [3.05, 3.63) is 28.5 Å². The van der Waals surface area contributed by atoms with Gasteiger partial charge in [0.25, 0.3) is 0 Å². The van der Waals surface area contributed by atoms with Crippen molar-refractivity contribution >= 4 is 11.6 Å². The summed E-state index contributed by atoms with van der Waals surface area (Å²) in [7, 11) is 2.15. The van der Waals surface area contributed by atoms with E-state index >= 15 is 0 Å². The molecule has 0 aromatic carbocycles. The summed E-state index contributed by atoms with van der Waals surface area (Å²) in [6.07, 6.45) is 1.88. The van der Waals surface area contributed by atoms with Gasteiger partial charge in [0.15, 0.2) is 0 Å². The smallest absolute Gasteiger partial charge is 0.131 e. The summed E-state index contributed by atoms with van der Waals surface area (Å²) in [5, 5.41) is 4.00. The average molecular weight is 226 g/mol. The monoisotopic (exact) mass is 225 g/mol. The molecule has 0 amide bonds. The van der Waals surface area contributed by atoms with Crippen molar-refractivity contribution in [2.24, 2.45) is 0 Å². The third-order valence-corrected chi connectivity index (χ3v) is 3.33. The maximum atomic E-state index is 5.92. The van der Waals surface area contributed by atoms with Gasteiger partial charge in [0, 0.05) is 31.9 Å². The summed E-state index contributed by atoms with van der Waals surface area (Å²) in [5.41, 5.74) is 2.29. The van der Waals surface area contributed by atoms with Crippen LogP contribution in [0.5, 0.6) is 0 Å². The van der Waals surface area contributed by atoms with Crippen LogP contribution in [0.3, 0.4) is 0 Å². The molecule has 1 aromatic heterocycles. The highest BCUT2D eigenvalue weighted by Gasteiger charge is 2.20. The Bertz CT molecular complexity index is 354. The van der Waals surface area contributed by atoms with Gasteiger partial charge in [-0.3, -0.25) is 4.90 Å². The summed E-state index contributed by atoms with van der Waals surface area (Å²) in [5.74, 6) is 0. The zero-order valence-electron chi connectivity index (χ0n) is 9.13. The molecule has 1 N–H and O–H groups in total. The number of nitrogens with zero attached hydrogens (tertiary/aromatic N) is 2. The Morgan fingerprint density at radius 3 is 3.07 bits per heavy atom. The van der Waals surface area contributed by atoms with Crippen LogP contribution < -0.4 is 5.32 Å². The van der Waals surface area contributed by atoms with Crippen molar-refractivity contribution < 1.29 is 0 Å². The predicted octanol–water partition coefficient (Wildman–Crippen LogP) is 1.62. The van der Waals surface area contributed by atoms with Gasteiger partial charge in [0.05, 0.1) is 0 Å². The molecular formula is C11H16ClN3. The molecule has 2 rings (SSSR count). The van der Waals surface area contributed by atoms with E-state index in [-0.39, 0.29) is 0 Å². The van der Waals surface area contributed by atoms with Gasteiger partial charge < -0.3 is 5.32 Å². The third-order valence-electron chi connectivity index (χ3n) is 2.93. The van der Waals surface area contributed by atoms with E-state index in [0.717, 1.165) is 25.2 Å². The van der Waals surface area contributed by atoms with Gasteiger partial charge in [0.2, 0.25) is 0 Å². The molecule has 1 aliphatic rings. The summed E-state index contributed by atoms with van der Waals surface area (Å²) < 4.78 is 0. The van der Waals surface area contributed by atoms with E-state index in [1.54, 1.807) is 0 Å². The number of rotatable bonds is 1. The molecule has 1 aromatic rings. The van der Waals surface area contributed by atoms with Crippen molar-refractivity contribution in [1.82, 2.24) is 15.2 Å². The molecule has 0 spiro atoms. The van der Waals surface area contributed by atoms with E-state index in [9.17, 15) is 0 Å². The molecule has 1 fully saturated rings. The van der Waals surface area contributed by atoms with Gasteiger partial charge in [-0.25, -0.2) is 4.98 Å². The zero-order chi connectivity index (χ0) is 10.8. The van der Waals surface area contributed by atoms with Crippen LogP contribution >= 0.6 is 11.6 Å². The van der Waals surface area contributed by atoms with Crippen LogP contribution in [0.1, 0.15) is 17.2 Å². The number of piperazine rings is 1. The predicted molar refractivity (Wildman–Crippen MR) is 62.2 cm³/mol. The van der Waals surface area contributed by atoms with Crippen LogP contribution in [0, 0.1) is 6.92 Å². The number of hydrogen-bond donors (Lipinski definition) is 1. The van der Waals surface area contributed by atoms with Crippen LogP contribution in [0.25, 0.3) is 0 Å². The lowest BCUT2D eigenvalue weighted by molar-refractivity contribution is 0.202. The topological polar surface area (TPSA) is 28.2 Å². The molecule has 82 valence electrons. The first kappa shape index (κ1) is 10.9. The largest absolute Gasteiger partial charge is 0.314 e. The number of nitrogens with one attached hydrogen (secondary N) is 1. The number of halogens is 1. The first-order valence-electron chi connectivity index (χ1n) is 5.21. The summed E-state index contributed by atoms with van der Waals surface area (Å²) >= 11 is 5.92. The lowest BCUT2D eigenvalue weighted by atomic mass is 10.0. The third kappa shape index (κ3) is 2.30. The Labute approximate surface area is 95.4 Å². The lowest BCUT2D eigenvalue weighted by Crippen LogP contribution is -2.43. The number of aryl methyl sites for hydroxylation is 1. The highest BCUT2D eigenvalue weighted by Crippen LogP contribution is 2.22. The molecule has 0 bridgehead atoms. The molecule has 4 heteroatoms. The van der Waals surface area contributed by atoms with E-state index < -0.39 is 0 Å². The summed E-state index contributed by atoms with van der Waals surface area (Å²) in [6.45, 7) is 5.12. The summed E-state index contributed by atoms with van der Waals surface area (Å²) in [6, 6.07) is 2.55. The van der Waals surface area contributed by atoms with Crippen molar-refractivity contribution in [3.63, 3.8) is 0 Å². The van der Waals surface area contributed by atoms with E-state index in [0.29, 0.717) is 11.2 Å². The maximum Gasteiger partial charge on any atom is 0.131 e. The van der Waals surface area contributed by atoms with E-state index in [1.807, 2.05) is 13.1 Å². The molecule has 3 nitrogen and oxygen atoms in total. The molecule has 1 unspecified atom stereocenters. The first-order valence-corrected chi connectivity index (χ1v) is 5.59. The number of likely N-dealkylation sites (N-methyl/N-ethyl adjacent to an activating group) is 1. The van der Waals surface area contributed by atoms with Gasteiger partial charge in [-0.2, -0.15) is 0 Å². The van der Waals surface area contributed by atoms with Gasteiger partial charge in [-0.15, -0.1) is 0 Å². The van der Waals surface area contributed by atoms with Gasteiger partial charge in [0.1, 0.15) is 5.15 Å². The summed E-state index contributed by atoms with van der Waals surface area (Å²) in [4.78, 5) is 6.55. The molecule has 1 aliphatic heterocycles. The minimum atomic E-state index is 0.419. The fourth-order valence-corrected chi connectivity index (χ4v) is 2.04. The number of pyridine rings is 1. The number of hydrogen-bond acceptors (Lipinski definition) is 3. The van der Waals surface area contributed by atoms with Crippen LogP contribution in [-0.2, 0) is 0 Å². The Morgan fingerprint density at radius 2 is 2.40 bits per heavy atom. The first-order chi connectivity index (χ1) is 7.18. The Balaban J connectivity index is 2.24. The Morgan fingerprint density at radius 1 is 1.60 bits per heavy atom. The Kier molecular flexibility index (Phi) is 3.24. The SMILES string of the molecule is Cc1cc(C2CNCCN2C)cnc1Cl. The van der Waals surface area contributed by atoms with Crippen molar-refractivity contribution in [2.45, 2.75) is 13.0 Å². The molecular weight excluding hydrogens is 210 g/mol. The van der Waals surface area contributed by atoms with Gasteiger partial charge in [-0.1, -0.05) is 11.6 Å². The minimum absolute atomic E-state index is 0.419. The number of aromatic nitrogens is 1. The molecule has 0 radical (unpaired) electrons. The standard InChI is InChI=1S/C11H16ClN3/c1-8-5-9(6-14-11(8)12)10-7-13-3-4-15(10)2/h5-6,10,13H,3-4,7H2,1-2H3. The van der Waals surface area contributed by atoms with Gasteiger partial charge >= 0.3 is 0 Å². The Hall–Kier alpha value is -0.640. The van der Waals surface area contributed by atoms with Crippen molar-refractivity contribution in [3.8, 4) is 0 Å². The van der Waals surface area contributed by atoms with Crippen molar-refractivity contribution in [2.75, 3.05) is 26.7 Å². The van der Waals surface area contributed by atoms with Crippen LogP contribution in [0.15, 0.2) is 12.3 Å². The van der Waals surface area contributed by atoms with E-state index in [1.165, 1.54) is 5.56 Å². The van der Waals surface area contributed by atoms with E-state index in [2.05, 4.69) is 28.3 Å². The van der Waals surface area contributed by atoms with Gasteiger partial charge in [-0.05, 0) is 31.2 Å². The van der Waals surface area contributed by atoms with Crippen LogP contribution in [-0.4, -0.2) is 36.6 Å². The highest BCUT2D eigenvalue weighted by molar-refractivity contribution is 6.30. The molecule has 15 heavy (non-hydrogen) atoms. The zero-order valence-corrected chi connectivity index (χ0v) is 9.88.